The topological polar surface area (TPSA) is 106 Å². The Morgan fingerprint density at radius 3 is 2.25 bits per heavy atom. The summed E-state index contributed by atoms with van der Waals surface area (Å²) in [7, 11) is 0. The lowest BCUT2D eigenvalue weighted by atomic mass is 10.0. The van der Waals surface area contributed by atoms with Gasteiger partial charge in [0.15, 0.2) is 5.65 Å². The summed E-state index contributed by atoms with van der Waals surface area (Å²) in [4.78, 5) is 36.7. The third kappa shape index (κ3) is 7.05. The molecule has 0 atom stereocenters. The van der Waals surface area contributed by atoms with Crippen molar-refractivity contribution in [3.63, 3.8) is 0 Å². The SMILES string of the molecule is CC(C)(C)OC(=O)c1cccc(-c2ccccc2)c1OCCc1cc(C(F)(F)F)nc2nc(Nc3ccccc3)[nH]c(=O)c12. The maximum Gasteiger partial charge on any atom is 0.433 e. The van der Waals surface area contributed by atoms with Crippen LogP contribution < -0.4 is 15.6 Å². The first-order chi connectivity index (χ1) is 20.9. The first-order valence-electron chi connectivity index (χ1n) is 13.8. The van der Waals surface area contributed by atoms with Gasteiger partial charge in [0.2, 0.25) is 5.95 Å². The van der Waals surface area contributed by atoms with Crippen LogP contribution in [0.25, 0.3) is 22.2 Å². The van der Waals surface area contributed by atoms with Crippen LogP contribution >= 0.6 is 0 Å². The number of aromatic amines is 1. The number of hydrogen-bond acceptors (Lipinski definition) is 7. The zero-order valence-electron chi connectivity index (χ0n) is 24.2. The minimum Gasteiger partial charge on any atom is -0.492 e. The minimum atomic E-state index is -4.79. The molecule has 0 radical (unpaired) electrons. The molecule has 5 rings (SSSR count). The Balaban J connectivity index is 1.51. The number of rotatable bonds is 8. The van der Waals surface area contributed by atoms with Crippen molar-refractivity contribution in [2.75, 3.05) is 11.9 Å². The zero-order chi connectivity index (χ0) is 31.5. The zero-order valence-corrected chi connectivity index (χ0v) is 24.2. The highest BCUT2D eigenvalue weighted by Crippen LogP contribution is 2.35. The number of nitrogens with zero attached hydrogens (tertiary/aromatic N) is 2. The fourth-order valence-electron chi connectivity index (χ4n) is 4.57. The van der Waals surface area contributed by atoms with E-state index in [1.165, 1.54) is 0 Å². The Bertz CT molecular complexity index is 1850. The van der Waals surface area contributed by atoms with E-state index in [1.54, 1.807) is 69.3 Å². The third-order valence-corrected chi connectivity index (χ3v) is 6.42. The summed E-state index contributed by atoms with van der Waals surface area (Å²) in [5, 5.41) is 2.78. The average molecular weight is 603 g/mol. The Morgan fingerprint density at radius 1 is 0.909 bits per heavy atom. The number of H-pyrrole nitrogens is 1. The van der Waals surface area contributed by atoms with Gasteiger partial charge < -0.3 is 14.8 Å². The molecule has 3 aromatic carbocycles. The van der Waals surface area contributed by atoms with E-state index in [4.69, 9.17) is 9.47 Å². The van der Waals surface area contributed by atoms with E-state index in [2.05, 4.69) is 20.3 Å². The van der Waals surface area contributed by atoms with Gasteiger partial charge in [0.05, 0.1) is 12.0 Å². The molecule has 0 spiro atoms. The van der Waals surface area contributed by atoms with Crippen molar-refractivity contribution in [1.82, 2.24) is 15.0 Å². The molecule has 0 fully saturated rings. The summed E-state index contributed by atoms with van der Waals surface area (Å²) in [6.45, 7) is 5.06. The molecule has 0 saturated carbocycles. The van der Waals surface area contributed by atoms with E-state index in [-0.39, 0.29) is 46.9 Å². The number of aromatic nitrogens is 3. The minimum absolute atomic E-state index is 0.0401. The van der Waals surface area contributed by atoms with Gasteiger partial charge in [0, 0.05) is 17.7 Å². The summed E-state index contributed by atoms with van der Waals surface area (Å²) < 4.78 is 53.3. The van der Waals surface area contributed by atoms with Gasteiger partial charge in [-0.15, -0.1) is 0 Å². The van der Waals surface area contributed by atoms with Crippen molar-refractivity contribution >= 4 is 28.6 Å². The second kappa shape index (κ2) is 12.2. The summed E-state index contributed by atoms with van der Waals surface area (Å²) >= 11 is 0. The molecular weight excluding hydrogens is 573 g/mol. The maximum absolute atomic E-state index is 13.9. The Morgan fingerprint density at radius 2 is 1.59 bits per heavy atom. The maximum atomic E-state index is 13.9. The molecule has 2 heterocycles. The lowest BCUT2D eigenvalue weighted by Gasteiger charge is -2.22. The largest absolute Gasteiger partial charge is 0.492 e. The van der Waals surface area contributed by atoms with Crippen molar-refractivity contribution in [3.8, 4) is 16.9 Å². The molecule has 0 unspecified atom stereocenters. The van der Waals surface area contributed by atoms with Gasteiger partial charge in [0.1, 0.15) is 22.6 Å². The molecule has 0 saturated heterocycles. The van der Waals surface area contributed by atoms with Crippen LogP contribution in [0.2, 0.25) is 0 Å². The summed E-state index contributed by atoms with van der Waals surface area (Å²) in [6, 6.07) is 23.8. The lowest BCUT2D eigenvalue weighted by molar-refractivity contribution is -0.141. The predicted octanol–water partition coefficient (Wildman–Crippen LogP) is 7.32. The molecular formula is C33H29F3N4O4. The van der Waals surface area contributed by atoms with Crippen LogP contribution in [0.3, 0.4) is 0 Å². The van der Waals surface area contributed by atoms with Gasteiger partial charge in [-0.25, -0.2) is 9.78 Å². The highest BCUT2D eigenvalue weighted by atomic mass is 19.4. The molecule has 0 bridgehead atoms. The summed E-state index contributed by atoms with van der Waals surface area (Å²) in [6.07, 6.45) is -4.90. The second-order valence-electron chi connectivity index (χ2n) is 10.9. The number of para-hydroxylation sites is 2. The fraction of sp³-hybridized carbons (Fsp3) is 0.212. The average Bonchev–Trinajstić information content (AvgIpc) is 2.96. The molecule has 0 aliphatic carbocycles. The number of hydrogen-bond donors (Lipinski definition) is 2. The van der Waals surface area contributed by atoms with E-state index in [1.807, 2.05) is 30.3 Å². The number of anilines is 2. The van der Waals surface area contributed by atoms with Crippen LogP contribution in [0.4, 0.5) is 24.8 Å². The van der Waals surface area contributed by atoms with Gasteiger partial charge in [-0.2, -0.15) is 18.2 Å². The van der Waals surface area contributed by atoms with Crippen LogP contribution in [0.1, 0.15) is 42.4 Å². The molecule has 0 amide bonds. The van der Waals surface area contributed by atoms with Gasteiger partial charge in [-0.05, 0) is 56.2 Å². The summed E-state index contributed by atoms with van der Waals surface area (Å²) in [5.74, 6) is -0.455. The number of ether oxygens (including phenoxy) is 2. The molecule has 5 aromatic rings. The van der Waals surface area contributed by atoms with Gasteiger partial charge in [0.25, 0.3) is 5.56 Å². The highest BCUT2D eigenvalue weighted by molar-refractivity contribution is 5.96. The third-order valence-electron chi connectivity index (χ3n) is 6.42. The first-order valence-corrected chi connectivity index (χ1v) is 13.8. The molecule has 11 heteroatoms. The number of halogens is 3. The van der Waals surface area contributed by atoms with Crippen LogP contribution in [0.15, 0.2) is 89.7 Å². The van der Waals surface area contributed by atoms with E-state index in [9.17, 15) is 22.8 Å². The summed E-state index contributed by atoms with van der Waals surface area (Å²) in [5.41, 5.74) is -0.854. The molecule has 0 aliphatic rings. The fourth-order valence-corrected chi connectivity index (χ4v) is 4.57. The number of carbonyl (C=O) groups is 1. The highest BCUT2D eigenvalue weighted by Gasteiger charge is 2.34. The molecule has 2 aromatic heterocycles. The van der Waals surface area contributed by atoms with Crippen molar-refractivity contribution in [3.05, 3.63) is 112 Å². The molecule has 0 aliphatic heterocycles. The predicted molar refractivity (Wildman–Crippen MR) is 161 cm³/mol. The standard InChI is InChI=1S/C33H29F3N4O4/c1-32(2,3)44-30(42)24-16-10-15-23(20-11-6-4-7-12-20)27(24)43-18-17-21-19-25(33(34,35)36)38-28-26(21)29(41)40-31(39-28)37-22-13-8-5-9-14-22/h4-16,19H,17-18H2,1-3H3,(H2,37,38,39,40,41). The van der Waals surface area contributed by atoms with Crippen LogP contribution in [-0.2, 0) is 17.3 Å². The number of esters is 1. The van der Waals surface area contributed by atoms with Crippen LogP contribution in [0, 0.1) is 0 Å². The van der Waals surface area contributed by atoms with Crippen molar-refractivity contribution in [2.45, 2.75) is 39.0 Å². The van der Waals surface area contributed by atoms with Crippen LogP contribution in [0.5, 0.6) is 5.75 Å². The second-order valence-corrected chi connectivity index (χ2v) is 10.9. The number of fused-ring (bicyclic) bond motifs is 1. The monoisotopic (exact) mass is 602 g/mol. The van der Waals surface area contributed by atoms with Crippen molar-refractivity contribution in [1.29, 1.82) is 0 Å². The van der Waals surface area contributed by atoms with Gasteiger partial charge >= 0.3 is 12.1 Å². The number of nitrogens with one attached hydrogen (secondary N) is 2. The smallest absolute Gasteiger partial charge is 0.433 e. The van der Waals surface area contributed by atoms with Crippen LogP contribution in [-0.4, -0.2) is 33.1 Å². The van der Waals surface area contributed by atoms with E-state index in [0.717, 1.165) is 11.6 Å². The number of carbonyl (C=O) groups excluding carboxylic acids is 1. The number of benzene rings is 3. The lowest BCUT2D eigenvalue weighted by Crippen LogP contribution is -2.24. The first kappa shape index (κ1) is 30.3. The Hall–Kier alpha value is -5.19. The molecule has 226 valence electrons. The Labute approximate surface area is 250 Å². The molecule has 2 N–H and O–H groups in total. The quantitative estimate of drug-likeness (QED) is 0.179. The molecule has 44 heavy (non-hydrogen) atoms. The number of alkyl halides is 3. The van der Waals surface area contributed by atoms with Crippen molar-refractivity contribution in [2.24, 2.45) is 0 Å². The Kier molecular flexibility index (Phi) is 8.39. The van der Waals surface area contributed by atoms with Gasteiger partial charge in [-0.1, -0.05) is 60.7 Å². The van der Waals surface area contributed by atoms with Crippen molar-refractivity contribution < 1.29 is 27.4 Å². The van der Waals surface area contributed by atoms with Gasteiger partial charge in [-0.3, -0.25) is 9.78 Å². The van der Waals surface area contributed by atoms with E-state index < -0.39 is 29.0 Å². The number of pyridine rings is 1. The van der Waals surface area contributed by atoms with E-state index in [0.29, 0.717) is 11.3 Å². The normalized spacial score (nSPS) is 11.8. The molecule has 8 nitrogen and oxygen atoms in total. The van der Waals surface area contributed by atoms with E-state index >= 15 is 0 Å².